The van der Waals surface area contributed by atoms with Gasteiger partial charge in [0.05, 0.1) is 15.9 Å². The highest BCUT2D eigenvalue weighted by atomic mass is 79.9. The minimum atomic E-state index is 0.685. The van der Waals surface area contributed by atoms with Crippen molar-refractivity contribution in [1.29, 1.82) is 0 Å². The molecular formula is C19H11Br2N3. The molecule has 5 heteroatoms. The van der Waals surface area contributed by atoms with Gasteiger partial charge in [-0.1, -0.05) is 60.7 Å². The van der Waals surface area contributed by atoms with E-state index < -0.39 is 0 Å². The summed E-state index contributed by atoms with van der Waals surface area (Å²) in [5.74, 6) is 0. The summed E-state index contributed by atoms with van der Waals surface area (Å²) in [4.78, 5) is 14.1. The monoisotopic (exact) mass is 439 g/mol. The van der Waals surface area contributed by atoms with Gasteiger partial charge in [-0.25, -0.2) is 15.0 Å². The fourth-order valence-corrected chi connectivity index (χ4v) is 3.33. The number of rotatable bonds is 2. The van der Waals surface area contributed by atoms with Crippen LogP contribution in [0.4, 0.5) is 0 Å². The minimum Gasteiger partial charge on any atom is -0.246 e. The summed E-state index contributed by atoms with van der Waals surface area (Å²) in [6, 6.07) is 20.2. The van der Waals surface area contributed by atoms with Gasteiger partial charge in [-0.15, -0.1) is 0 Å². The van der Waals surface area contributed by atoms with E-state index in [0.717, 1.165) is 38.0 Å². The van der Waals surface area contributed by atoms with Gasteiger partial charge in [0.2, 0.25) is 0 Å². The Labute approximate surface area is 156 Å². The van der Waals surface area contributed by atoms with E-state index >= 15 is 0 Å². The van der Waals surface area contributed by atoms with Gasteiger partial charge < -0.3 is 0 Å². The number of nitrogens with zero attached hydrogens (tertiary/aromatic N) is 3. The third-order valence-corrected chi connectivity index (χ3v) is 4.86. The van der Waals surface area contributed by atoms with Crippen molar-refractivity contribution in [3.8, 4) is 22.5 Å². The van der Waals surface area contributed by atoms with E-state index in [-0.39, 0.29) is 0 Å². The molecule has 4 rings (SSSR count). The van der Waals surface area contributed by atoms with Gasteiger partial charge in [-0.2, -0.15) is 0 Å². The first-order valence-electron chi connectivity index (χ1n) is 7.36. The molecule has 0 bridgehead atoms. The lowest BCUT2D eigenvalue weighted by Crippen LogP contribution is -1.97. The van der Waals surface area contributed by atoms with Crippen LogP contribution in [0.15, 0.2) is 75.9 Å². The van der Waals surface area contributed by atoms with E-state index in [1.54, 1.807) is 6.20 Å². The molecule has 0 saturated carbocycles. The molecule has 2 aromatic carbocycles. The Morgan fingerprint density at radius 2 is 1.12 bits per heavy atom. The predicted octanol–water partition coefficient (Wildman–Crippen LogP) is 5.88. The van der Waals surface area contributed by atoms with Crippen LogP contribution in [-0.4, -0.2) is 15.0 Å². The van der Waals surface area contributed by atoms with Gasteiger partial charge in [0.1, 0.15) is 15.6 Å². The summed E-state index contributed by atoms with van der Waals surface area (Å²) < 4.78 is 1.51. The number of fused-ring (bicyclic) bond motifs is 1. The molecule has 0 aliphatic heterocycles. The molecule has 0 aliphatic carbocycles. The first-order valence-corrected chi connectivity index (χ1v) is 8.95. The van der Waals surface area contributed by atoms with E-state index in [0.29, 0.717) is 4.60 Å². The quantitative estimate of drug-likeness (QED) is 0.365. The van der Waals surface area contributed by atoms with Crippen molar-refractivity contribution in [2.24, 2.45) is 0 Å². The Hall–Kier alpha value is -2.11. The van der Waals surface area contributed by atoms with Gasteiger partial charge >= 0.3 is 0 Å². The van der Waals surface area contributed by atoms with Gasteiger partial charge in [0.25, 0.3) is 0 Å². The SMILES string of the molecule is Brc1cnc(Br)c2nc(-c3ccccc3)c(-c3ccccc3)nc12. The smallest absolute Gasteiger partial charge is 0.133 e. The van der Waals surface area contributed by atoms with Crippen LogP contribution < -0.4 is 0 Å². The van der Waals surface area contributed by atoms with Crippen LogP contribution >= 0.6 is 31.9 Å². The van der Waals surface area contributed by atoms with Gasteiger partial charge in [0.15, 0.2) is 0 Å². The highest BCUT2D eigenvalue weighted by Gasteiger charge is 2.16. The third-order valence-electron chi connectivity index (χ3n) is 3.70. The molecule has 0 fully saturated rings. The normalized spacial score (nSPS) is 10.9. The number of hydrogen-bond donors (Lipinski definition) is 0. The van der Waals surface area contributed by atoms with Crippen LogP contribution in [0.1, 0.15) is 0 Å². The average molecular weight is 441 g/mol. The van der Waals surface area contributed by atoms with Crippen LogP contribution in [0, 0.1) is 0 Å². The van der Waals surface area contributed by atoms with E-state index in [4.69, 9.17) is 9.97 Å². The Morgan fingerprint density at radius 3 is 1.67 bits per heavy atom. The number of benzene rings is 2. The molecule has 2 heterocycles. The van der Waals surface area contributed by atoms with E-state index in [9.17, 15) is 0 Å². The molecule has 0 aliphatic rings. The Morgan fingerprint density at radius 1 is 0.625 bits per heavy atom. The number of halogens is 2. The summed E-state index contributed by atoms with van der Waals surface area (Å²) in [6.45, 7) is 0. The van der Waals surface area contributed by atoms with Crippen LogP contribution in [-0.2, 0) is 0 Å². The summed E-state index contributed by atoms with van der Waals surface area (Å²) in [5, 5.41) is 0. The molecular weight excluding hydrogens is 430 g/mol. The van der Waals surface area contributed by atoms with Crippen molar-refractivity contribution in [2.45, 2.75) is 0 Å². The second kappa shape index (κ2) is 6.42. The van der Waals surface area contributed by atoms with Crippen molar-refractivity contribution in [3.63, 3.8) is 0 Å². The molecule has 0 atom stereocenters. The van der Waals surface area contributed by atoms with Crippen LogP contribution in [0.2, 0.25) is 0 Å². The molecule has 2 aromatic heterocycles. The summed E-state index contributed by atoms with van der Waals surface area (Å²) in [7, 11) is 0. The molecule has 0 spiro atoms. The lowest BCUT2D eigenvalue weighted by Gasteiger charge is -2.11. The van der Waals surface area contributed by atoms with Crippen LogP contribution in [0.25, 0.3) is 33.5 Å². The van der Waals surface area contributed by atoms with Crippen LogP contribution in [0.5, 0.6) is 0 Å². The zero-order valence-electron chi connectivity index (χ0n) is 12.4. The lowest BCUT2D eigenvalue weighted by molar-refractivity contribution is 1.21. The van der Waals surface area contributed by atoms with Crippen LogP contribution in [0.3, 0.4) is 0 Å². The number of pyridine rings is 1. The summed E-state index contributed by atoms with van der Waals surface area (Å²) in [6.07, 6.45) is 1.73. The maximum atomic E-state index is 4.90. The van der Waals surface area contributed by atoms with Gasteiger partial charge in [-0.05, 0) is 31.9 Å². The highest BCUT2D eigenvalue weighted by molar-refractivity contribution is 9.11. The molecule has 0 radical (unpaired) electrons. The zero-order valence-corrected chi connectivity index (χ0v) is 15.6. The van der Waals surface area contributed by atoms with Gasteiger partial charge in [0, 0.05) is 17.3 Å². The Balaban J connectivity index is 2.10. The largest absolute Gasteiger partial charge is 0.246 e. The standard InChI is InChI=1S/C19H11Br2N3/c20-14-11-22-19(21)18-17(14)23-15(12-7-3-1-4-8-12)16(24-18)13-9-5-2-6-10-13/h1-11H. The predicted molar refractivity (Wildman–Crippen MR) is 104 cm³/mol. The molecule has 4 aromatic rings. The van der Waals surface area contributed by atoms with Crippen molar-refractivity contribution in [1.82, 2.24) is 15.0 Å². The molecule has 0 saturated heterocycles. The fraction of sp³-hybridized carbons (Fsp3) is 0. The van der Waals surface area contributed by atoms with Crippen molar-refractivity contribution >= 4 is 42.9 Å². The molecule has 24 heavy (non-hydrogen) atoms. The topological polar surface area (TPSA) is 38.7 Å². The average Bonchev–Trinajstić information content (AvgIpc) is 2.65. The van der Waals surface area contributed by atoms with E-state index in [1.807, 2.05) is 60.7 Å². The number of hydrogen-bond acceptors (Lipinski definition) is 3. The molecule has 0 amide bonds. The second-order valence-electron chi connectivity index (χ2n) is 5.25. The number of aromatic nitrogens is 3. The molecule has 116 valence electrons. The Bertz CT molecular complexity index is 935. The summed E-state index contributed by atoms with van der Waals surface area (Å²) in [5.41, 5.74) is 5.28. The fourth-order valence-electron chi connectivity index (χ4n) is 2.58. The highest BCUT2D eigenvalue weighted by Crippen LogP contribution is 2.34. The maximum Gasteiger partial charge on any atom is 0.133 e. The maximum absolute atomic E-state index is 4.90. The first-order chi connectivity index (χ1) is 11.7. The molecule has 0 N–H and O–H groups in total. The van der Waals surface area contributed by atoms with E-state index in [1.165, 1.54) is 0 Å². The van der Waals surface area contributed by atoms with Crippen molar-refractivity contribution in [3.05, 3.63) is 75.9 Å². The third kappa shape index (κ3) is 2.74. The molecule has 3 nitrogen and oxygen atoms in total. The van der Waals surface area contributed by atoms with Crippen molar-refractivity contribution < 1.29 is 0 Å². The first kappa shape index (κ1) is 15.4. The Kier molecular flexibility index (Phi) is 4.12. The second-order valence-corrected chi connectivity index (χ2v) is 6.85. The zero-order chi connectivity index (χ0) is 16.5. The van der Waals surface area contributed by atoms with E-state index in [2.05, 4.69) is 36.8 Å². The van der Waals surface area contributed by atoms with Gasteiger partial charge in [-0.3, -0.25) is 0 Å². The summed E-state index contributed by atoms with van der Waals surface area (Å²) >= 11 is 7.02. The lowest BCUT2D eigenvalue weighted by atomic mass is 10.0. The molecule has 0 unspecified atom stereocenters. The minimum absolute atomic E-state index is 0.685. The van der Waals surface area contributed by atoms with Crippen molar-refractivity contribution in [2.75, 3.05) is 0 Å².